The predicted octanol–water partition coefficient (Wildman–Crippen LogP) is 0.406. The summed E-state index contributed by atoms with van der Waals surface area (Å²) in [6.45, 7) is 4.17. The van der Waals surface area contributed by atoms with Crippen LogP contribution in [0, 0.1) is 0 Å². The third kappa shape index (κ3) is 4.04. The van der Waals surface area contributed by atoms with E-state index in [1.54, 1.807) is 17.1 Å². The Morgan fingerprint density at radius 1 is 1.15 bits per heavy atom. The second-order valence-corrected chi connectivity index (χ2v) is 3.99. The Balaban J connectivity index is 1.94. The first-order valence-corrected chi connectivity index (χ1v) is 6.43. The quantitative estimate of drug-likeness (QED) is 0.715. The van der Waals surface area contributed by atoms with E-state index in [1.807, 2.05) is 0 Å². The molecule has 0 aromatic carbocycles. The summed E-state index contributed by atoms with van der Waals surface area (Å²) in [5.41, 5.74) is 0. The smallest absolute Gasteiger partial charge is 0.322 e. The zero-order chi connectivity index (χ0) is 14.2. The third-order valence-electron chi connectivity index (χ3n) is 2.43. The fraction of sp³-hybridized carbons (Fsp3) is 0.545. The summed E-state index contributed by atoms with van der Waals surface area (Å²) < 4.78 is 6.78. The minimum Gasteiger partial charge on any atom is -0.467 e. The molecule has 0 saturated heterocycles. The molecule has 0 unspecified atom stereocenters. The molecule has 0 saturated carbocycles. The van der Waals surface area contributed by atoms with Gasteiger partial charge in [0.05, 0.1) is 19.9 Å². The first kappa shape index (κ1) is 14.0. The van der Waals surface area contributed by atoms with E-state index < -0.39 is 0 Å². The molecule has 0 atom stereocenters. The number of nitrogens with one attached hydrogen (secondary N) is 2. The number of methoxy groups -OCH3 is 1. The van der Waals surface area contributed by atoms with E-state index in [2.05, 4.69) is 42.8 Å². The van der Waals surface area contributed by atoms with Crippen molar-refractivity contribution in [3.05, 3.63) is 12.4 Å². The van der Waals surface area contributed by atoms with Crippen LogP contribution in [0.15, 0.2) is 12.4 Å². The van der Waals surface area contributed by atoms with Gasteiger partial charge in [-0.15, -0.1) is 5.10 Å². The van der Waals surface area contributed by atoms with Crippen LogP contribution in [0.5, 0.6) is 6.01 Å². The lowest BCUT2D eigenvalue weighted by molar-refractivity contribution is 0.379. The highest BCUT2D eigenvalue weighted by molar-refractivity contribution is 5.35. The molecule has 2 heterocycles. The zero-order valence-electron chi connectivity index (χ0n) is 11.6. The highest BCUT2D eigenvalue weighted by atomic mass is 16.5. The molecule has 0 aliphatic carbocycles. The molecule has 9 heteroatoms. The molecule has 20 heavy (non-hydrogen) atoms. The van der Waals surface area contributed by atoms with Crippen molar-refractivity contribution in [1.29, 1.82) is 0 Å². The molecule has 9 nitrogen and oxygen atoms in total. The van der Waals surface area contributed by atoms with Crippen molar-refractivity contribution in [3.8, 4) is 6.01 Å². The van der Waals surface area contributed by atoms with Gasteiger partial charge in [0.15, 0.2) is 0 Å². The Hall–Kier alpha value is -2.45. The highest BCUT2D eigenvalue weighted by Crippen LogP contribution is 2.10. The number of ether oxygens (including phenoxy) is 1. The van der Waals surface area contributed by atoms with Crippen molar-refractivity contribution >= 4 is 11.9 Å². The number of aromatic nitrogens is 6. The van der Waals surface area contributed by atoms with E-state index in [9.17, 15) is 0 Å². The summed E-state index contributed by atoms with van der Waals surface area (Å²) in [6, 6.07) is 0.279. The van der Waals surface area contributed by atoms with Crippen LogP contribution >= 0.6 is 0 Å². The molecule has 2 N–H and O–H groups in total. The molecule has 0 amide bonds. The van der Waals surface area contributed by atoms with Crippen molar-refractivity contribution in [2.45, 2.75) is 19.9 Å². The number of nitrogens with zero attached hydrogens (tertiary/aromatic N) is 6. The number of hydrogen-bond acceptors (Lipinski definition) is 8. The van der Waals surface area contributed by atoms with Gasteiger partial charge in [-0.1, -0.05) is 12.1 Å². The lowest BCUT2D eigenvalue weighted by atomic mass is 10.5. The standard InChI is InChI=1S/C11H18N8O/c1-3-4-12-9-15-10(17-11(16-9)20-2)13-5-7-19-8-6-14-18-19/h6,8H,3-5,7H2,1-2H3,(H2,12,13,15,16,17). The van der Waals surface area contributed by atoms with Gasteiger partial charge < -0.3 is 15.4 Å². The summed E-state index contributed by atoms with van der Waals surface area (Å²) in [5.74, 6) is 0.970. The summed E-state index contributed by atoms with van der Waals surface area (Å²) >= 11 is 0. The van der Waals surface area contributed by atoms with Crippen LogP contribution in [0.4, 0.5) is 11.9 Å². The van der Waals surface area contributed by atoms with E-state index >= 15 is 0 Å². The average Bonchev–Trinajstić information content (AvgIpc) is 2.98. The van der Waals surface area contributed by atoms with Gasteiger partial charge in [0, 0.05) is 19.3 Å². The largest absolute Gasteiger partial charge is 0.467 e. The highest BCUT2D eigenvalue weighted by Gasteiger charge is 2.06. The van der Waals surface area contributed by atoms with Crippen LogP contribution in [0.25, 0.3) is 0 Å². The molecular weight excluding hydrogens is 260 g/mol. The second kappa shape index (κ2) is 7.22. The molecule has 0 radical (unpaired) electrons. The van der Waals surface area contributed by atoms with Crippen LogP contribution < -0.4 is 15.4 Å². The molecule has 108 valence electrons. The van der Waals surface area contributed by atoms with E-state index in [1.165, 1.54) is 7.11 Å². The molecule has 0 aliphatic rings. The van der Waals surface area contributed by atoms with Crippen LogP contribution in [-0.4, -0.2) is 50.1 Å². The zero-order valence-corrected chi connectivity index (χ0v) is 11.6. The minimum atomic E-state index is 0.279. The first-order valence-electron chi connectivity index (χ1n) is 6.43. The summed E-state index contributed by atoms with van der Waals surface area (Å²) in [4.78, 5) is 12.5. The Bertz CT molecular complexity index is 515. The van der Waals surface area contributed by atoms with Crippen molar-refractivity contribution in [2.24, 2.45) is 0 Å². The van der Waals surface area contributed by atoms with Gasteiger partial charge in [0.1, 0.15) is 0 Å². The summed E-state index contributed by atoms with van der Waals surface area (Å²) in [7, 11) is 1.53. The van der Waals surface area contributed by atoms with Crippen LogP contribution in [0.3, 0.4) is 0 Å². The number of anilines is 2. The Kier molecular flexibility index (Phi) is 5.04. The van der Waals surface area contributed by atoms with E-state index in [-0.39, 0.29) is 6.01 Å². The first-order chi connectivity index (χ1) is 9.81. The van der Waals surface area contributed by atoms with Crippen LogP contribution in [-0.2, 0) is 6.54 Å². The Morgan fingerprint density at radius 3 is 2.50 bits per heavy atom. The maximum absolute atomic E-state index is 5.06. The van der Waals surface area contributed by atoms with Gasteiger partial charge >= 0.3 is 6.01 Å². The fourth-order valence-electron chi connectivity index (χ4n) is 1.48. The predicted molar refractivity (Wildman–Crippen MR) is 73.7 cm³/mol. The summed E-state index contributed by atoms with van der Waals surface area (Å²) in [6.07, 6.45) is 4.42. The van der Waals surface area contributed by atoms with Crippen molar-refractivity contribution in [3.63, 3.8) is 0 Å². The minimum absolute atomic E-state index is 0.279. The van der Waals surface area contributed by atoms with Gasteiger partial charge in [-0.2, -0.15) is 15.0 Å². The van der Waals surface area contributed by atoms with Gasteiger partial charge in [-0.3, -0.25) is 4.68 Å². The van der Waals surface area contributed by atoms with Gasteiger partial charge in [-0.05, 0) is 6.42 Å². The summed E-state index contributed by atoms with van der Waals surface area (Å²) in [5, 5.41) is 13.8. The lowest BCUT2D eigenvalue weighted by Crippen LogP contribution is -2.15. The topological polar surface area (TPSA) is 103 Å². The molecule has 2 aromatic heterocycles. The van der Waals surface area contributed by atoms with E-state index in [0.29, 0.717) is 25.0 Å². The molecular formula is C11H18N8O. The SMILES string of the molecule is CCCNc1nc(NCCn2ccnn2)nc(OC)n1. The maximum atomic E-state index is 5.06. The average molecular weight is 278 g/mol. The Morgan fingerprint density at radius 2 is 1.90 bits per heavy atom. The van der Waals surface area contributed by atoms with Gasteiger partial charge in [0.25, 0.3) is 0 Å². The van der Waals surface area contributed by atoms with E-state index in [0.717, 1.165) is 13.0 Å². The number of rotatable bonds is 8. The normalized spacial score (nSPS) is 10.3. The molecule has 2 rings (SSSR count). The van der Waals surface area contributed by atoms with Gasteiger partial charge in [0.2, 0.25) is 11.9 Å². The molecule has 0 fully saturated rings. The monoisotopic (exact) mass is 278 g/mol. The van der Waals surface area contributed by atoms with Crippen molar-refractivity contribution in [1.82, 2.24) is 29.9 Å². The molecule has 0 bridgehead atoms. The lowest BCUT2D eigenvalue weighted by Gasteiger charge is -2.08. The van der Waals surface area contributed by atoms with Crippen LogP contribution in [0.1, 0.15) is 13.3 Å². The molecule has 0 aliphatic heterocycles. The van der Waals surface area contributed by atoms with E-state index in [4.69, 9.17) is 4.74 Å². The maximum Gasteiger partial charge on any atom is 0.322 e. The fourth-order valence-corrected chi connectivity index (χ4v) is 1.48. The molecule has 2 aromatic rings. The number of hydrogen-bond donors (Lipinski definition) is 2. The molecule has 0 spiro atoms. The van der Waals surface area contributed by atoms with Crippen molar-refractivity contribution < 1.29 is 4.74 Å². The Labute approximate surface area is 116 Å². The van der Waals surface area contributed by atoms with Crippen LogP contribution in [0.2, 0.25) is 0 Å². The van der Waals surface area contributed by atoms with Gasteiger partial charge in [-0.25, -0.2) is 0 Å². The van der Waals surface area contributed by atoms with Crippen molar-refractivity contribution in [2.75, 3.05) is 30.8 Å². The second-order valence-electron chi connectivity index (χ2n) is 3.99. The third-order valence-corrected chi connectivity index (χ3v) is 2.43.